The fraction of sp³-hybridized carbons (Fsp3) is 0.214. The minimum absolute atomic E-state index is 0.0275. The van der Waals surface area contributed by atoms with E-state index in [0.717, 1.165) is 16.8 Å². The van der Waals surface area contributed by atoms with Gasteiger partial charge in [0.15, 0.2) is 0 Å². The van der Waals surface area contributed by atoms with Crippen molar-refractivity contribution in [1.29, 1.82) is 5.26 Å². The Morgan fingerprint density at radius 2 is 1.78 bits per heavy atom. The first-order chi connectivity index (χ1) is 18.0. The van der Waals surface area contributed by atoms with Gasteiger partial charge in [-0.1, -0.05) is 59.2 Å². The molecule has 2 aliphatic rings. The number of carbonyl (C=O) groups is 1. The van der Waals surface area contributed by atoms with Crippen molar-refractivity contribution in [3.63, 3.8) is 0 Å². The highest BCUT2D eigenvalue weighted by Gasteiger charge is 2.38. The smallest absolute Gasteiger partial charge is 0.229 e. The Hall–Kier alpha value is -3.31. The van der Waals surface area contributed by atoms with Gasteiger partial charge in [-0.3, -0.25) is 9.69 Å². The van der Waals surface area contributed by atoms with Gasteiger partial charge in [0, 0.05) is 22.4 Å². The molecule has 0 aliphatic carbocycles. The number of fused-ring (bicyclic) bond motifs is 1. The van der Waals surface area contributed by atoms with Gasteiger partial charge in [-0.15, -0.1) is 0 Å². The van der Waals surface area contributed by atoms with Crippen LogP contribution < -0.4 is 14.4 Å². The summed E-state index contributed by atoms with van der Waals surface area (Å²) in [6.07, 6.45) is 0.221. The number of rotatable bonds is 6. The third kappa shape index (κ3) is 5.37. The normalized spacial score (nSPS) is 17.4. The number of hydrogen-bond donors (Lipinski definition) is 0. The zero-order chi connectivity index (χ0) is 25.9. The van der Waals surface area contributed by atoms with E-state index in [9.17, 15) is 10.1 Å². The molecule has 5 rings (SSSR count). The number of nitrogens with zero attached hydrogens (tertiary/aromatic N) is 3. The van der Waals surface area contributed by atoms with E-state index < -0.39 is 0 Å². The van der Waals surface area contributed by atoms with Crippen LogP contribution in [-0.4, -0.2) is 30.5 Å². The van der Waals surface area contributed by atoms with Gasteiger partial charge in [0.2, 0.25) is 5.91 Å². The molecule has 3 aromatic rings. The maximum atomic E-state index is 13.3. The molecule has 1 atom stereocenters. The van der Waals surface area contributed by atoms with Crippen LogP contribution in [0.5, 0.6) is 11.5 Å². The van der Waals surface area contributed by atoms with Crippen LogP contribution in [0.25, 0.3) is 0 Å². The Bertz CT molecular complexity index is 1390. The van der Waals surface area contributed by atoms with E-state index in [0.29, 0.717) is 51.3 Å². The lowest BCUT2D eigenvalue weighted by Gasteiger charge is -2.42. The van der Waals surface area contributed by atoms with Crippen LogP contribution in [0, 0.1) is 11.3 Å². The first-order valence-corrected chi connectivity index (χ1v) is 13.3. The second-order valence-electron chi connectivity index (χ2n) is 8.66. The van der Waals surface area contributed by atoms with Crippen molar-refractivity contribution < 1.29 is 14.3 Å². The Kier molecular flexibility index (Phi) is 7.52. The predicted octanol–water partition coefficient (Wildman–Crippen LogP) is 6.80. The second-order valence-corrected chi connectivity index (χ2v) is 10.5. The van der Waals surface area contributed by atoms with Crippen LogP contribution in [0.4, 0.5) is 5.69 Å². The average Bonchev–Trinajstić information content (AvgIpc) is 2.93. The number of amides is 1. The predicted molar refractivity (Wildman–Crippen MR) is 147 cm³/mol. The summed E-state index contributed by atoms with van der Waals surface area (Å²) in [4.78, 5) is 17.0. The molecule has 0 radical (unpaired) electrons. The third-order valence-electron chi connectivity index (χ3n) is 6.38. The highest BCUT2D eigenvalue weighted by molar-refractivity contribution is 8.03. The van der Waals surface area contributed by atoms with Crippen molar-refractivity contribution in [2.24, 2.45) is 0 Å². The molecule has 3 aromatic carbocycles. The van der Waals surface area contributed by atoms with Gasteiger partial charge >= 0.3 is 0 Å². The van der Waals surface area contributed by atoms with Crippen LogP contribution >= 0.6 is 35.0 Å². The Morgan fingerprint density at radius 3 is 2.49 bits per heavy atom. The van der Waals surface area contributed by atoms with Gasteiger partial charge in [0.25, 0.3) is 0 Å². The summed E-state index contributed by atoms with van der Waals surface area (Å²) in [5, 5.41) is 12.1. The number of halogens is 2. The van der Waals surface area contributed by atoms with Crippen molar-refractivity contribution in [3.05, 3.63) is 98.5 Å². The summed E-state index contributed by atoms with van der Waals surface area (Å²) in [7, 11) is 1.60. The molecule has 0 bridgehead atoms. The topological polar surface area (TPSA) is 65.8 Å². The minimum Gasteiger partial charge on any atom is -0.495 e. The number of carbonyl (C=O) groups excluding carboxylic acids is 1. The highest BCUT2D eigenvalue weighted by atomic mass is 35.5. The van der Waals surface area contributed by atoms with E-state index in [1.54, 1.807) is 18.1 Å². The number of thioether (sulfide) groups is 1. The fourth-order valence-electron chi connectivity index (χ4n) is 4.45. The molecule has 1 unspecified atom stereocenters. The Morgan fingerprint density at radius 1 is 1.05 bits per heavy atom. The Labute approximate surface area is 230 Å². The zero-order valence-corrected chi connectivity index (χ0v) is 22.3. The standard InChI is InChI=1S/C28H23Cl2N3O3S/c1-35-26-11-8-21(30)12-25(26)32-16-33-27(34)13-23(24(14-31)28(33)37-17-32)19-4-9-22(10-5-19)36-15-18-2-6-20(29)7-3-18/h2-12,23H,13,15-17H2,1H3. The zero-order valence-electron chi connectivity index (χ0n) is 20.0. The summed E-state index contributed by atoms with van der Waals surface area (Å²) in [6.45, 7) is 0.749. The van der Waals surface area contributed by atoms with Gasteiger partial charge in [-0.2, -0.15) is 5.26 Å². The maximum absolute atomic E-state index is 13.3. The van der Waals surface area contributed by atoms with Crippen LogP contribution in [0.2, 0.25) is 10.0 Å². The van der Waals surface area contributed by atoms with E-state index >= 15 is 0 Å². The number of methoxy groups -OCH3 is 1. The molecule has 0 N–H and O–H groups in total. The van der Waals surface area contributed by atoms with Crippen molar-refractivity contribution >= 4 is 46.6 Å². The maximum Gasteiger partial charge on any atom is 0.229 e. The van der Waals surface area contributed by atoms with E-state index in [2.05, 4.69) is 6.07 Å². The van der Waals surface area contributed by atoms with Gasteiger partial charge in [-0.25, -0.2) is 0 Å². The summed E-state index contributed by atoms with van der Waals surface area (Å²) >= 11 is 13.6. The summed E-state index contributed by atoms with van der Waals surface area (Å²) in [5.41, 5.74) is 3.35. The molecule has 37 heavy (non-hydrogen) atoms. The van der Waals surface area contributed by atoms with Crippen molar-refractivity contribution in [1.82, 2.24) is 4.90 Å². The summed E-state index contributed by atoms with van der Waals surface area (Å²) < 4.78 is 11.4. The van der Waals surface area contributed by atoms with E-state index in [4.69, 9.17) is 32.7 Å². The molecule has 2 heterocycles. The van der Waals surface area contributed by atoms with Crippen molar-refractivity contribution in [3.8, 4) is 17.6 Å². The monoisotopic (exact) mass is 551 g/mol. The van der Waals surface area contributed by atoms with Gasteiger partial charge < -0.3 is 14.4 Å². The molecule has 0 aromatic heterocycles. The molecular weight excluding hydrogens is 529 g/mol. The minimum atomic E-state index is -0.297. The first kappa shape index (κ1) is 25.3. The molecule has 0 saturated carbocycles. The molecule has 6 nitrogen and oxygen atoms in total. The third-order valence-corrected chi connectivity index (χ3v) is 8.02. The quantitative estimate of drug-likeness (QED) is 0.335. The summed E-state index contributed by atoms with van der Waals surface area (Å²) in [6, 6.07) is 22.9. The van der Waals surface area contributed by atoms with Gasteiger partial charge in [0.1, 0.15) is 18.1 Å². The number of nitriles is 1. The summed E-state index contributed by atoms with van der Waals surface area (Å²) in [5.74, 6) is 1.63. The Balaban J connectivity index is 1.33. The van der Waals surface area contributed by atoms with Crippen LogP contribution in [0.3, 0.4) is 0 Å². The van der Waals surface area contributed by atoms with Gasteiger partial charge in [0.05, 0.1) is 42.0 Å². The molecule has 2 aliphatic heterocycles. The van der Waals surface area contributed by atoms with Crippen molar-refractivity contribution in [2.75, 3.05) is 24.6 Å². The van der Waals surface area contributed by atoms with Crippen LogP contribution in [0.15, 0.2) is 77.3 Å². The second kappa shape index (κ2) is 11.0. The largest absolute Gasteiger partial charge is 0.495 e. The molecule has 1 saturated heterocycles. The number of anilines is 1. The van der Waals surface area contributed by atoms with E-state index in [-0.39, 0.29) is 18.2 Å². The number of hydrogen-bond acceptors (Lipinski definition) is 6. The number of allylic oxidation sites excluding steroid dienone is 1. The molecule has 1 fully saturated rings. The van der Waals surface area contributed by atoms with E-state index in [1.807, 2.05) is 65.6 Å². The molecule has 9 heteroatoms. The first-order valence-electron chi connectivity index (χ1n) is 11.6. The lowest BCUT2D eigenvalue weighted by molar-refractivity contribution is -0.129. The molecule has 0 spiro atoms. The lowest BCUT2D eigenvalue weighted by Crippen LogP contribution is -2.47. The molecule has 188 valence electrons. The lowest BCUT2D eigenvalue weighted by atomic mass is 9.86. The average molecular weight is 552 g/mol. The molecule has 1 amide bonds. The number of benzene rings is 3. The number of ether oxygens (including phenoxy) is 2. The SMILES string of the molecule is COc1ccc(Cl)cc1N1CSC2=C(C#N)C(c3ccc(OCc4ccc(Cl)cc4)cc3)CC(=O)N2C1. The van der Waals surface area contributed by atoms with Gasteiger partial charge in [-0.05, 0) is 53.6 Å². The van der Waals surface area contributed by atoms with Crippen LogP contribution in [0.1, 0.15) is 23.5 Å². The van der Waals surface area contributed by atoms with Crippen molar-refractivity contribution in [2.45, 2.75) is 18.9 Å². The van der Waals surface area contributed by atoms with E-state index in [1.165, 1.54) is 11.8 Å². The van der Waals surface area contributed by atoms with Crippen LogP contribution in [-0.2, 0) is 11.4 Å². The fourth-order valence-corrected chi connectivity index (χ4v) is 5.90. The molecular formula is C28H23Cl2N3O3S. The highest BCUT2D eigenvalue weighted by Crippen LogP contribution is 2.44.